The molecular weight excluding hydrogens is 400 g/mol. The van der Waals surface area contributed by atoms with Gasteiger partial charge in [-0.05, 0) is 45.2 Å². The van der Waals surface area contributed by atoms with Crippen LogP contribution in [0.25, 0.3) is 0 Å². The highest BCUT2D eigenvalue weighted by molar-refractivity contribution is 7.89. The highest BCUT2D eigenvalue weighted by atomic mass is 32.2. The molecule has 2 fully saturated rings. The molecule has 1 aromatic carbocycles. The van der Waals surface area contributed by atoms with Gasteiger partial charge in [0.05, 0.1) is 18.5 Å². The molecule has 0 radical (unpaired) electrons. The number of guanidine groups is 1. The van der Waals surface area contributed by atoms with Crippen molar-refractivity contribution in [2.24, 2.45) is 4.99 Å². The number of nitrogens with one attached hydrogen (secondary N) is 1. The van der Waals surface area contributed by atoms with E-state index in [4.69, 9.17) is 4.74 Å². The van der Waals surface area contributed by atoms with Gasteiger partial charge < -0.3 is 15.0 Å². The Morgan fingerprint density at radius 3 is 2.57 bits per heavy atom. The summed E-state index contributed by atoms with van der Waals surface area (Å²) >= 11 is 0. The second-order valence-electron chi connectivity index (χ2n) is 8.37. The van der Waals surface area contributed by atoms with Gasteiger partial charge >= 0.3 is 0 Å². The van der Waals surface area contributed by atoms with E-state index in [1.807, 2.05) is 20.8 Å². The molecule has 1 heterocycles. The number of aryl methyl sites for hydroxylation is 1. The topological polar surface area (TPSA) is 74.2 Å². The predicted molar refractivity (Wildman–Crippen MR) is 121 cm³/mol. The van der Waals surface area contributed by atoms with Gasteiger partial charge in [0.1, 0.15) is 0 Å². The first-order chi connectivity index (χ1) is 14.3. The van der Waals surface area contributed by atoms with Crippen molar-refractivity contribution in [2.75, 3.05) is 45.1 Å². The summed E-state index contributed by atoms with van der Waals surface area (Å²) in [6.45, 7) is 11.2. The van der Waals surface area contributed by atoms with E-state index in [1.165, 1.54) is 11.1 Å². The molecule has 1 saturated heterocycles. The smallest absolute Gasteiger partial charge is 0.216 e. The number of hydrogen-bond donors (Lipinski definition) is 1. The summed E-state index contributed by atoms with van der Waals surface area (Å²) < 4.78 is 32.1. The lowest BCUT2D eigenvalue weighted by molar-refractivity contribution is 0.0904. The Labute approximate surface area is 181 Å². The third kappa shape index (κ3) is 5.95. The van der Waals surface area contributed by atoms with Crippen LogP contribution < -0.4 is 5.32 Å². The second kappa shape index (κ2) is 10.1. The lowest BCUT2D eigenvalue weighted by atomic mass is 10.0. The van der Waals surface area contributed by atoms with Crippen molar-refractivity contribution in [1.82, 2.24) is 14.5 Å². The van der Waals surface area contributed by atoms with E-state index in [2.05, 4.69) is 46.4 Å². The summed E-state index contributed by atoms with van der Waals surface area (Å²) in [5.74, 6) is 1.47. The average molecular weight is 437 g/mol. The number of aliphatic imine (C=N–C) groups is 1. The maximum absolute atomic E-state index is 12.6. The fraction of sp³-hybridized carbons (Fsp3) is 0.682. The van der Waals surface area contributed by atoms with E-state index in [-0.39, 0.29) is 18.5 Å². The van der Waals surface area contributed by atoms with Gasteiger partial charge in [-0.25, -0.2) is 8.42 Å². The van der Waals surface area contributed by atoms with Crippen molar-refractivity contribution < 1.29 is 13.2 Å². The Morgan fingerprint density at radius 2 is 1.93 bits per heavy atom. The zero-order chi connectivity index (χ0) is 21.7. The Kier molecular flexibility index (Phi) is 7.76. The standard InChI is InChI=1S/C22H36N4O3S/c1-5-23-22(24-21-16-20(21)19-9-7-6-8-18(19)4)25-10-12-26(13-11-25)30(27,28)15-14-29-17(2)3/h6-9,17,20-21H,5,10-16H2,1-4H3,(H,23,24). The van der Waals surface area contributed by atoms with Crippen LogP contribution in [0.2, 0.25) is 0 Å². The monoisotopic (exact) mass is 436 g/mol. The van der Waals surface area contributed by atoms with Crippen LogP contribution >= 0.6 is 0 Å². The molecule has 2 unspecified atom stereocenters. The predicted octanol–water partition coefficient (Wildman–Crippen LogP) is 2.19. The second-order valence-corrected chi connectivity index (χ2v) is 10.5. The molecule has 0 amide bonds. The van der Waals surface area contributed by atoms with Crippen LogP contribution in [0.5, 0.6) is 0 Å². The number of benzene rings is 1. The van der Waals surface area contributed by atoms with Crippen LogP contribution in [-0.2, 0) is 14.8 Å². The normalized spacial score (nSPS) is 23.1. The maximum atomic E-state index is 12.6. The number of rotatable bonds is 8. The van der Waals surface area contributed by atoms with Crippen molar-refractivity contribution >= 4 is 16.0 Å². The number of hydrogen-bond acceptors (Lipinski definition) is 4. The molecule has 1 aliphatic heterocycles. The largest absolute Gasteiger partial charge is 0.378 e. The summed E-state index contributed by atoms with van der Waals surface area (Å²) in [5.41, 5.74) is 2.74. The summed E-state index contributed by atoms with van der Waals surface area (Å²) in [4.78, 5) is 6.87. The Bertz CT molecular complexity index is 833. The van der Waals surface area contributed by atoms with E-state index >= 15 is 0 Å². The molecule has 1 saturated carbocycles. The molecule has 1 aromatic rings. The number of sulfonamides is 1. The highest BCUT2D eigenvalue weighted by Gasteiger charge is 2.40. The quantitative estimate of drug-likeness (QED) is 0.499. The third-order valence-corrected chi connectivity index (χ3v) is 7.56. The van der Waals surface area contributed by atoms with Gasteiger partial charge in [-0.2, -0.15) is 4.31 Å². The summed E-state index contributed by atoms with van der Waals surface area (Å²) in [5, 5.41) is 3.63. The number of piperazine rings is 1. The fourth-order valence-corrected chi connectivity index (χ4v) is 5.23. The molecule has 168 valence electrons. The number of ether oxygens (including phenoxy) is 1. The van der Waals surface area contributed by atoms with Gasteiger partial charge in [-0.15, -0.1) is 0 Å². The van der Waals surface area contributed by atoms with Crippen molar-refractivity contribution in [3.63, 3.8) is 0 Å². The van der Waals surface area contributed by atoms with Crippen LogP contribution in [0.1, 0.15) is 44.2 Å². The van der Waals surface area contributed by atoms with E-state index in [9.17, 15) is 8.42 Å². The molecule has 0 bridgehead atoms. The minimum atomic E-state index is -3.28. The first-order valence-electron chi connectivity index (χ1n) is 11.0. The van der Waals surface area contributed by atoms with Gasteiger partial charge in [-0.3, -0.25) is 4.99 Å². The van der Waals surface area contributed by atoms with Crippen molar-refractivity contribution in [3.05, 3.63) is 35.4 Å². The Balaban J connectivity index is 1.53. The molecule has 8 heteroatoms. The van der Waals surface area contributed by atoms with E-state index < -0.39 is 10.0 Å². The first kappa shape index (κ1) is 23.0. The van der Waals surface area contributed by atoms with Gasteiger partial charge in [0, 0.05) is 44.7 Å². The van der Waals surface area contributed by atoms with Crippen molar-refractivity contribution in [1.29, 1.82) is 0 Å². The molecule has 3 rings (SSSR count). The van der Waals surface area contributed by atoms with Crippen LogP contribution in [0.3, 0.4) is 0 Å². The van der Waals surface area contributed by atoms with Crippen LogP contribution in [-0.4, -0.2) is 80.8 Å². The van der Waals surface area contributed by atoms with Crippen LogP contribution in [0, 0.1) is 6.92 Å². The third-order valence-electron chi connectivity index (χ3n) is 5.72. The summed E-state index contributed by atoms with van der Waals surface area (Å²) in [7, 11) is -3.28. The van der Waals surface area contributed by atoms with Crippen molar-refractivity contribution in [2.45, 2.75) is 52.2 Å². The van der Waals surface area contributed by atoms with Gasteiger partial charge in [0.2, 0.25) is 10.0 Å². The number of nitrogens with zero attached hydrogens (tertiary/aromatic N) is 3. The summed E-state index contributed by atoms with van der Waals surface area (Å²) in [6.07, 6.45) is 1.15. The SMILES string of the molecule is CCN=C(NC1CC1c1ccccc1C)N1CCN(S(=O)(=O)CCOC(C)C)CC1. The maximum Gasteiger partial charge on any atom is 0.216 e. The molecule has 0 aromatic heterocycles. The van der Waals surface area contributed by atoms with E-state index in [1.54, 1.807) is 4.31 Å². The highest BCUT2D eigenvalue weighted by Crippen LogP contribution is 2.42. The molecule has 2 aliphatic rings. The molecule has 1 N–H and O–H groups in total. The molecule has 0 spiro atoms. The first-order valence-corrected chi connectivity index (χ1v) is 12.6. The van der Waals surface area contributed by atoms with Crippen molar-refractivity contribution in [3.8, 4) is 0 Å². The van der Waals surface area contributed by atoms with Crippen LogP contribution in [0.15, 0.2) is 29.3 Å². The molecular formula is C22H36N4O3S. The molecule has 30 heavy (non-hydrogen) atoms. The zero-order valence-electron chi connectivity index (χ0n) is 18.7. The van der Waals surface area contributed by atoms with Gasteiger partial charge in [-0.1, -0.05) is 24.3 Å². The van der Waals surface area contributed by atoms with E-state index in [0.717, 1.165) is 12.4 Å². The summed E-state index contributed by atoms with van der Waals surface area (Å²) in [6, 6.07) is 8.95. The van der Waals surface area contributed by atoms with Crippen LogP contribution in [0.4, 0.5) is 0 Å². The molecule has 1 aliphatic carbocycles. The van der Waals surface area contributed by atoms with Gasteiger partial charge in [0.15, 0.2) is 5.96 Å². The average Bonchev–Trinajstić information content (AvgIpc) is 3.46. The lowest BCUT2D eigenvalue weighted by Crippen LogP contribution is -2.54. The fourth-order valence-electron chi connectivity index (χ4n) is 3.95. The minimum Gasteiger partial charge on any atom is -0.378 e. The van der Waals surface area contributed by atoms with Gasteiger partial charge in [0.25, 0.3) is 0 Å². The molecule has 2 atom stereocenters. The van der Waals surface area contributed by atoms with E-state index in [0.29, 0.717) is 44.7 Å². The Hall–Kier alpha value is -1.64. The Morgan fingerprint density at radius 1 is 1.23 bits per heavy atom. The minimum absolute atomic E-state index is 0.0412. The molecule has 7 nitrogen and oxygen atoms in total. The zero-order valence-corrected chi connectivity index (χ0v) is 19.5. The lowest BCUT2D eigenvalue weighted by Gasteiger charge is -2.36.